The number of carbonyl (C=O) groups excluding carboxylic acids is 1. The Morgan fingerprint density at radius 1 is 1.10 bits per heavy atom. The molecule has 1 fully saturated rings. The number of aryl methyl sites for hydroxylation is 2. The number of rotatable bonds is 6. The van der Waals surface area contributed by atoms with Gasteiger partial charge in [0.15, 0.2) is 0 Å². The fourth-order valence-corrected chi connectivity index (χ4v) is 5.10. The lowest BCUT2D eigenvalue weighted by atomic mass is 10.1. The first-order valence-corrected chi connectivity index (χ1v) is 11.9. The van der Waals surface area contributed by atoms with Gasteiger partial charge in [-0.15, -0.1) is 0 Å². The Bertz CT molecular complexity index is 1050. The van der Waals surface area contributed by atoms with Gasteiger partial charge in [0.05, 0.1) is 23.7 Å². The first kappa shape index (κ1) is 23.5. The molecule has 7 nitrogen and oxygen atoms in total. The predicted molar refractivity (Wildman–Crippen MR) is 122 cm³/mol. The van der Waals surface area contributed by atoms with Gasteiger partial charge in [0.2, 0.25) is 15.9 Å². The topological polar surface area (TPSA) is 79.0 Å². The van der Waals surface area contributed by atoms with Gasteiger partial charge >= 0.3 is 0 Å². The summed E-state index contributed by atoms with van der Waals surface area (Å²) in [5.41, 5.74) is 2.40. The summed E-state index contributed by atoms with van der Waals surface area (Å²) >= 11 is 6.13. The van der Waals surface area contributed by atoms with Crippen molar-refractivity contribution < 1.29 is 17.9 Å². The number of nitrogens with one attached hydrogen (secondary N) is 1. The quantitative estimate of drug-likeness (QED) is 0.708. The van der Waals surface area contributed by atoms with Crippen molar-refractivity contribution in [3.63, 3.8) is 0 Å². The van der Waals surface area contributed by atoms with E-state index in [2.05, 4.69) is 5.32 Å². The molecule has 0 bridgehead atoms. The third-order valence-corrected chi connectivity index (χ3v) is 7.92. The monoisotopic (exact) mass is 465 g/mol. The van der Waals surface area contributed by atoms with Crippen molar-refractivity contribution in [2.24, 2.45) is 0 Å². The van der Waals surface area contributed by atoms with E-state index < -0.39 is 16.1 Å². The van der Waals surface area contributed by atoms with Crippen LogP contribution in [0.3, 0.4) is 0 Å². The van der Waals surface area contributed by atoms with Gasteiger partial charge in [-0.3, -0.25) is 9.69 Å². The van der Waals surface area contributed by atoms with Crippen LogP contribution in [0.2, 0.25) is 5.02 Å². The standard InChI is InChI=1S/C22H28ClN3O4S/c1-15-5-7-18(8-6-15)31(28,29)26-11-9-25(10-12-26)17(3)22(27)24-20-13-16(2)19(23)14-21(20)30-4/h5-8,13-14,17H,9-12H2,1-4H3,(H,24,27)/t17-/m0/s1. The van der Waals surface area contributed by atoms with E-state index in [0.29, 0.717) is 47.5 Å². The van der Waals surface area contributed by atoms with E-state index >= 15 is 0 Å². The van der Waals surface area contributed by atoms with E-state index in [4.69, 9.17) is 16.3 Å². The molecule has 2 aromatic carbocycles. The number of anilines is 1. The SMILES string of the molecule is COc1cc(Cl)c(C)cc1NC(=O)[C@H](C)N1CCN(S(=O)(=O)c2ccc(C)cc2)CC1. The number of carbonyl (C=O) groups is 1. The van der Waals surface area contributed by atoms with Gasteiger partial charge in [-0.25, -0.2) is 8.42 Å². The van der Waals surface area contributed by atoms with E-state index in [1.807, 2.05) is 25.7 Å². The van der Waals surface area contributed by atoms with E-state index in [1.165, 1.54) is 11.4 Å². The van der Waals surface area contributed by atoms with Crippen LogP contribution in [0.4, 0.5) is 5.69 Å². The normalized spacial score (nSPS) is 16.7. The Labute approximate surface area is 189 Å². The predicted octanol–water partition coefficient (Wildman–Crippen LogP) is 3.30. The molecule has 1 amide bonds. The maximum Gasteiger partial charge on any atom is 0.243 e. The van der Waals surface area contributed by atoms with Gasteiger partial charge in [-0.05, 0) is 44.5 Å². The summed E-state index contributed by atoms with van der Waals surface area (Å²) in [6, 6.07) is 9.88. The molecule has 1 heterocycles. The highest BCUT2D eigenvalue weighted by molar-refractivity contribution is 7.89. The highest BCUT2D eigenvalue weighted by Gasteiger charge is 2.32. The number of halogens is 1. The summed E-state index contributed by atoms with van der Waals surface area (Å²) in [6.45, 7) is 7.19. The van der Waals surface area contributed by atoms with Gasteiger partial charge in [0.25, 0.3) is 0 Å². The Morgan fingerprint density at radius 3 is 2.29 bits per heavy atom. The van der Waals surface area contributed by atoms with Crippen molar-refractivity contribution in [1.29, 1.82) is 0 Å². The lowest BCUT2D eigenvalue weighted by Crippen LogP contribution is -2.53. The van der Waals surface area contributed by atoms with Crippen molar-refractivity contribution in [2.75, 3.05) is 38.6 Å². The molecule has 1 aliphatic rings. The Morgan fingerprint density at radius 2 is 1.71 bits per heavy atom. The molecule has 0 saturated carbocycles. The molecule has 1 atom stereocenters. The van der Waals surface area contributed by atoms with Gasteiger partial charge < -0.3 is 10.1 Å². The van der Waals surface area contributed by atoms with Crippen LogP contribution < -0.4 is 10.1 Å². The lowest BCUT2D eigenvalue weighted by molar-refractivity contribution is -0.121. The number of benzene rings is 2. The van der Waals surface area contributed by atoms with Crippen LogP contribution in [-0.4, -0.2) is 62.9 Å². The zero-order valence-corrected chi connectivity index (χ0v) is 19.8. The average Bonchev–Trinajstić information content (AvgIpc) is 2.76. The average molecular weight is 466 g/mol. The van der Waals surface area contributed by atoms with E-state index in [-0.39, 0.29) is 5.91 Å². The maximum absolute atomic E-state index is 12.9. The fourth-order valence-electron chi connectivity index (χ4n) is 3.52. The largest absolute Gasteiger partial charge is 0.495 e. The second kappa shape index (κ2) is 9.56. The molecule has 3 rings (SSSR count). The maximum atomic E-state index is 12.9. The summed E-state index contributed by atoms with van der Waals surface area (Å²) in [4.78, 5) is 15.1. The van der Waals surface area contributed by atoms with Gasteiger partial charge in [0.1, 0.15) is 5.75 Å². The van der Waals surface area contributed by atoms with Crippen molar-refractivity contribution in [2.45, 2.75) is 31.7 Å². The van der Waals surface area contributed by atoms with Crippen LogP contribution in [0.1, 0.15) is 18.1 Å². The Kier molecular flexibility index (Phi) is 7.26. The summed E-state index contributed by atoms with van der Waals surface area (Å²) in [7, 11) is -2.02. The molecule has 31 heavy (non-hydrogen) atoms. The van der Waals surface area contributed by atoms with Crippen LogP contribution in [0.25, 0.3) is 0 Å². The summed E-state index contributed by atoms with van der Waals surface area (Å²) in [6.07, 6.45) is 0. The summed E-state index contributed by atoms with van der Waals surface area (Å²) < 4.78 is 32.6. The van der Waals surface area contributed by atoms with Gasteiger partial charge in [-0.2, -0.15) is 4.31 Å². The minimum absolute atomic E-state index is 0.185. The first-order chi connectivity index (χ1) is 14.6. The molecule has 0 radical (unpaired) electrons. The molecule has 0 unspecified atom stereocenters. The molecule has 0 aromatic heterocycles. The number of sulfonamides is 1. The number of nitrogens with zero attached hydrogens (tertiary/aromatic N) is 2. The number of hydrogen-bond donors (Lipinski definition) is 1. The highest BCUT2D eigenvalue weighted by Crippen LogP contribution is 2.31. The van der Waals surface area contributed by atoms with Crippen LogP contribution in [0.5, 0.6) is 5.75 Å². The molecule has 1 aliphatic heterocycles. The molecule has 1 N–H and O–H groups in total. The van der Waals surface area contributed by atoms with Crippen molar-refractivity contribution in [1.82, 2.24) is 9.21 Å². The molecule has 168 valence electrons. The van der Waals surface area contributed by atoms with Crippen molar-refractivity contribution in [3.05, 3.63) is 52.5 Å². The van der Waals surface area contributed by atoms with Crippen LogP contribution in [-0.2, 0) is 14.8 Å². The second-order valence-corrected chi connectivity index (χ2v) is 10.1. The number of ether oxygens (including phenoxy) is 1. The fraction of sp³-hybridized carbons (Fsp3) is 0.409. The Hall–Kier alpha value is -2.13. The minimum atomic E-state index is -3.54. The molecular weight excluding hydrogens is 438 g/mol. The number of methoxy groups -OCH3 is 1. The van der Waals surface area contributed by atoms with Crippen molar-refractivity contribution >= 4 is 33.2 Å². The third-order valence-electron chi connectivity index (χ3n) is 5.60. The lowest BCUT2D eigenvalue weighted by Gasteiger charge is -2.36. The molecular formula is C22H28ClN3O4S. The van der Waals surface area contributed by atoms with Crippen LogP contribution >= 0.6 is 11.6 Å². The van der Waals surface area contributed by atoms with Crippen molar-refractivity contribution in [3.8, 4) is 5.75 Å². The summed E-state index contributed by atoms with van der Waals surface area (Å²) in [5, 5.41) is 3.47. The van der Waals surface area contributed by atoms with E-state index in [0.717, 1.165) is 11.1 Å². The zero-order valence-electron chi connectivity index (χ0n) is 18.2. The highest BCUT2D eigenvalue weighted by atomic mass is 35.5. The number of amides is 1. The van der Waals surface area contributed by atoms with Crippen LogP contribution in [0, 0.1) is 13.8 Å². The molecule has 9 heteroatoms. The summed E-state index contributed by atoms with van der Waals surface area (Å²) in [5.74, 6) is 0.306. The Balaban J connectivity index is 1.63. The third kappa shape index (κ3) is 5.20. The van der Waals surface area contributed by atoms with Gasteiger partial charge in [0, 0.05) is 37.3 Å². The van der Waals surface area contributed by atoms with Gasteiger partial charge in [-0.1, -0.05) is 29.3 Å². The van der Waals surface area contributed by atoms with E-state index in [9.17, 15) is 13.2 Å². The molecule has 1 saturated heterocycles. The van der Waals surface area contributed by atoms with E-state index in [1.54, 1.807) is 36.4 Å². The molecule has 0 spiro atoms. The number of piperazine rings is 1. The smallest absolute Gasteiger partial charge is 0.243 e. The zero-order chi connectivity index (χ0) is 22.8. The molecule has 0 aliphatic carbocycles. The number of hydrogen-bond acceptors (Lipinski definition) is 5. The first-order valence-electron chi connectivity index (χ1n) is 10.1. The minimum Gasteiger partial charge on any atom is -0.495 e. The second-order valence-electron chi connectivity index (χ2n) is 7.72. The van der Waals surface area contributed by atoms with Crippen LogP contribution in [0.15, 0.2) is 41.3 Å². The molecule has 2 aromatic rings.